The van der Waals surface area contributed by atoms with Crippen LogP contribution in [0.1, 0.15) is 0 Å². The van der Waals surface area contributed by atoms with Crippen LogP contribution in [0.3, 0.4) is 0 Å². The first-order valence-electron chi connectivity index (χ1n) is 8.82. The van der Waals surface area contributed by atoms with Crippen molar-refractivity contribution < 1.29 is 13.0 Å². The van der Waals surface area contributed by atoms with Crippen molar-refractivity contribution in [3.05, 3.63) is 0 Å². The molecular weight excluding hydrogens is 3660 g/mol. The highest BCUT2D eigenvalue weighted by atomic mass is 127. The quantitative estimate of drug-likeness (QED) is 0.114. The third-order valence-electron chi connectivity index (χ3n) is 4.99. The Bertz CT molecular complexity index is 1190. The Morgan fingerprint density at radius 2 is 0.409 bits per heavy atom. The molecule has 0 unspecified atom stereocenters. The fourth-order valence-electron chi connectivity index (χ4n) is 2.30. The smallest absolute Gasteiger partial charge is 0.284 e. The van der Waals surface area contributed by atoms with Gasteiger partial charge in [-0.1, -0.05) is 565 Å². The van der Waals surface area contributed by atoms with Gasteiger partial charge in [-0.2, -0.15) is 8.42 Å². The van der Waals surface area contributed by atoms with Gasteiger partial charge in [0.05, 0.1) is 0 Å². The highest BCUT2D eigenvalue weighted by Crippen LogP contribution is 2.83. The molecule has 0 saturated heterocycles. The molecule has 0 rings (SSSR count). The van der Waals surface area contributed by atoms with Gasteiger partial charge >= 0.3 is 0 Å². The van der Waals surface area contributed by atoms with E-state index < -0.39 is 18.0 Å². The summed E-state index contributed by atoms with van der Waals surface area (Å²) in [4.78, 5) is 0. The third kappa shape index (κ3) is 12.1. The Balaban J connectivity index is 7.56. The lowest BCUT2D eigenvalue weighted by molar-refractivity contribution is 0.477. The average Bonchev–Trinajstić information content (AvgIpc) is 2.75. The van der Waals surface area contributed by atoms with Gasteiger partial charge in [0.15, 0.2) is 0 Å². The summed E-state index contributed by atoms with van der Waals surface area (Å²) in [6.07, 6.45) is 0. The van der Waals surface area contributed by atoms with Gasteiger partial charge in [-0.05, 0) is 45.2 Å². The maximum Gasteiger partial charge on any atom is 0.291 e. The fourth-order valence-corrected chi connectivity index (χ4v) is 46.8. The molecule has 0 heterocycles. The van der Waals surface area contributed by atoms with Crippen molar-refractivity contribution >= 4 is 620 Å². The number of hydrogen-bond donors (Lipinski definition) is 1. The highest BCUT2D eigenvalue weighted by Gasteiger charge is 2.82. The second-order valence-corrected chi connectivity index (χ2v) is 85.5. The van der Waals surface area contributed by atoms with Crippen molar-refractivity contribution in [3.63, 3.8) is 0 Å². The maximum atomic E-state index is 12.7. The molecule has 0 bridgehead atoms. The van der Waals surface area contributed by atoms with Crippen LogP contribution >= 0.6 is 610 Å². The Morgan fingerprint density at radius 3 is 0.545 bits per heavy atom. The summed E-state index contributed by atoms with van der Waals surface area (Å²) >= 11 is 69.0. The van der Waals surface area contributed by atoms with Crippen LogP contribution in [0.15, 0.2) is 0 Å². The van der Waals surface area contributed by atoms with E-state index in [4.69, 9.17) is 0 Å². The maximum absolute atomic E-state index is 12.7. The van der Waals surface area contributed by atoms with Crippen LogP contribution in [0.5, 0.6) is 0 Å². The summed E-state index contributed by atoms with van der Waals surface area (Å²) in [6, 6.07) is 0. The second kappa shape index (κ2) is 22.1. The lowest BCUT2D eigenvalue weighted by atomic mass is 10.0. The van der Waals surface area contributed by atoms with Gasteiger partial charge in [0.2, 0.25) is 0.760 Å². The number of alkyl halides is 27. The number of hydrogen-bond acceptors (Lipinski definition) is 2. The number of rotatable bonds is 13. The Hall–Kier alpha value is 19.6. The van der Waals surface area contributed by atoms with E-state index in [1.165, 1.54) is 0 Å². The molecule has 31 heteroatoms. The molecule has 0 spiro atoms. The minimum Gasteiger partial charge on any atom is -0.284 e. The molecular formula is C13HI27O3S. The van der Waals surface area contributed by atoms with Crippen LogP contribution in [0.2, 0.25) is 0 Å². The Morgan fingerprint density at radius 1 is 0.273 bits per heavy atom. The van der Waals surface area contributed by atoms with E-state index in [0.717, 1.165) is 0 Å². The van der Waals surface area contributed by atoms with Crippen LogP contribution in [0.4, 0.5) is 0 Å². The summed E-state index contributed by atoms with van der Waals surface area (Å²) < 4.78 is 29.8. The van der Waals surface area contributed by atoms with E-state index in [0.29, 0.717) is 0 Å². The van der Waals surface area contributed by atoms with Crippen LogP contribution in [0, 0.1) is 0 Å². The minimum absolute atomic E-state index is 0.0403. The summed E-state index contributed by atoms with van der Waals surface area (Å²) in [5.74, 6) is 0. The molecule has 0 aliphatic heterocycles. The van der Waals surface area contributed by atoms with E-state index in [2.05, 4.69) is 565 Å². The molecule has 1 N–H and O–H groups in total. The van der Waals surface area contributed by atoms with Crippen molar-refractivity contribution in [1.29, 1.82) is 0 Å². The van der Waals surface area contributed by atoms with Crippen molar-refractivity contribution in [1.82, 2.24) is 0 Å². The normalized spacial score (nSPS) is 17.3. The van der Waals surface area contributed by atoms with Crippen molar-refractivity contribution in [2.45, 2.75) is 15.9 Å². The minimum atomic E-state index is -4.39. The molecule has 0 aromatic rings. The molecule has 0 aliphatic rings. The molecule has 0 aliphatic carbocycles. The zero-order valence-corrected chi connectivity index (χ0v) is 77.4. The largest absolute Gasteiger partial charge is 0.291 e. The van der Waals surface area contributed by atoms with Crippen molar-refractivity contribution in [2.24, 2.45) is 0 Å². The first-order valence-corrected chi connectivity index (χ1v) is 39.4. The molecule has 0 saturated carbocycles. The topological polar surface area (TPSA) is 54.4 Å². The highest BCUT2D eigenvalue weighted by molar-refractivity contribution is 14.3. The van der Waals surface area contributed by atoms with Crippen LogP contribution < -0.4 is 0 Å². The lowest BCUT2D eigenvalue weighted by Gasteiger charge is -2.61. The van der Waals surface area contributed by atoms with E-state index in [1.54, 1.807) is 0 Å². The molecule has 0 radical (unpaired) electrons. The van der Waals surface area contributed by atoms with Gasteiger partial charge < -0.3 is 0 Å². The third-order valence-corrected chi connectivity index (χ3v) is 101. The van der Waals surface area contributed by atoms with Crippen LogP contribution in [0.25, 0.3) is 0 Å². The molecule has 44 heavy (non-hydrogen) atoms. The van der Waals surface area contributed by atoms with Gasteiger partial charge in [-0.25, -0.2) is 0 Å². The fraction of sp³-hybridized carbons (Fsp3) is 1.00. The predicted molar refractivity (Wildman–Crippen MR) is 426 cm³/mol. The zero-order valence-electron chi connectivity index (χ0n) is 18.4. The molecule has 266 valence electrons. The Kier molecular flexibility index (Phi) is 32.0. The van der Waals surface area contributed by atoms with Crippen molar-refractivity contribution in [2.75, 3.05) is 0 Å². The monoisotopic (exact) mass is 3660 g/mol. The average molecular weight is 3660 g/mol. The first-order chi connectivity index (χ1) is 18.2. The van der Waals surface area contributed by atoms with E-state index >= 15 is 0 Å². The molecule has 0 atom stereocenters. The molecule has 0 amide bonds. The summed E-state index contributed by atoms with van der Waals surface area (Å²) in [5, 5.41) is 0. The van der Waals surface area contributed by atoms with Crippen LogP contribution in [-0.2, 0) is 10.1 Å². The summed E-state index contributed by atoms with van der Waals surface area (Å²) in [6.45, 7) is 0. The number of halogens is 27. The van der Waals surface area contributed by atoms with Gasteiger partial charge in [0, 0.05) is 0 Å². The first kappa shape index (κ1) is 63.6. The second-order valence-electron chi connectivity index (χ2n) is 7.81. The van der Waals surface area contributed by atoms with Gasteiger partial charge in [0.25, 0.3) is 10.1 Å². The summed E-state index contributed by atoms with van der Waals surface area (Å²) in [5.41, 5.74) is 0. The van der Waals surface area contributed by atoms with Crippen LogP contribution in [-0.4, -0.2) is 28.9 Å². The van der Waals surface area contributed by atoms with E-state index in [9.17, 15) is 13.0 Å². The predicted octanol–water partition coefficient (Wildman–Crippen LogP) is 20.6. The van der Waals surface area contributed by atoms with E-state index in [1.807, 2.05) is 45.2 Å². The summed E-state index contributed by atoms with van der Waals surface area (Å²) in [7, 11) is -4.39. The zero-order chi connectivity index (χ0) is 37.0. The van der Waals surface area contributed by atoms with Gasteiger partial charge in [-0.3, -0.25) is 4.55 Å². The van der Waals surface area contributed by atoms with Gasteiger partial charge in [0.1, 0.15) is 15.1 Å². The standard InChI is InChI=1S/C13HI27O3S/c14-1(15,2(16,17)4(20,21)6(24,25)8(28,29)10(32,33)12(36,37)38)3(18,19)5(22,23)7(26,27)9(30,31)11(34,35)13(39,40)44(41,42)43/h(H,41,42,43). The van der Waals surface area contributed by atoms with E-state index in [-0.39, 0.29) is 8.01 Å². The van der Waals surface area contributed by atoms with Gasteiger partial charge in [-0.15, -0.1) is 0 Å². The lowest BCUT2D eigenvalue weighted by Crippen LogP contribution is -2.72. The molecule has 0 aromatic carbocycles. The van der Waals surface area contributed by atoms with Crippen molar-refractivity contribution in [3.8, 4) is 0 Å². The SMILES string of the molecule is O=S(=O)(O)C(I)(I)C(I)(I)C(I)(I)C(I)(I)C(I)(I)C(I)(I)C(I)(I)C(I)(I)C(I)(I)C(I)(I)C(I)(I)C(I)(I)C(I)(I)I. The Labute approximate surface area is 627 Å². The molecule has 0 fully saturated rings. The molecule has 0 aromatic heterocycles. The molecule has 3 nitrogen and oxygen atoms in total.